The zero-order valence-corrected chi connectivity index (χ0v) is 21.3. The third-order valence-corrected chi connectivity index (χ3v) is 7.26. The van der Waals surface area contributed by atoms with Crippen molar-refractivity contribution in [1.82, 2.24) is 5.16 Å². The summed E-state index contributed by atoms with van der Waals surface area (Å²) < 4.78 is 5.59. The van der Waals surface area contributed by atoms with Gasteiger partial charge in [-0.15, -0.1) is 0 Å². The number of fused-ring (bicyclic) bond motifs is 1. The Balaban J connectivity index is 1.35. The molecule has 6 heteroatoms. The van der Waals surface area contributed by atoms with Gasteiger partial charge in [-0.05, 0) is 43.2 Å². The van der Waals surface area contributed by atoms with Gasteiger partial charge < -0.3 is 9.63 Å². The summed E-state index contributed by atoms with van der Waals surface area (Å²) in [5, 5.41) is 15.3. The van der Waals surface area contributed by atoms with Gasteiger partial charge in [0.1, 0.15) is 11.5 Å². The van der Waals surface area contributed by atoms with Crippen molar-refractivity contribution < 1.29 is 19.2 Å². The Morgan fingerprint density at radius 1 is 0.919 bits per heavy atom. The fourth-order valence-corrected chi connectivity index (χ4v) is 5.55. The van der Waals surface area contributed by atoms with E-state index in [1.807, 2.05) is 74.5 Å². The maximum Gasteiger partial charge on any atom is 0.168 e. The zero-order chi connectivity index (χ0) is 25.9. The lowest BCUT2D eigenvalue weighted by atomic mass is 9.78. The highest BCUT2D eigenvalue weighted by atomic mass is 16.5. The van der Waals surface area contributed by atoms with Crippen LogP contribution in [0.2, 0.25) is 0 Å². The minimum Gasteiger partial charge on any atom is -0.511 e. The minimum absolute atomic E-state index is 0.00198. The highest BCUT2D eigenvalue weighted by Crippen LogP contribution is 2.36. The second-order valence-corrected chi connectivity index (χ2v) is 10.3. The third kappa shape index (κ3) is 5.33. The molecule has 2 aromatic carbocycles. The number of aromatic nitrogens is 1. The lowest BCUT2D eigenvalue weighted by Crippen LogP contribution is -2.27. The monoisotopic (exact) mass is 496 g/mol. The molecule has 0 amide bonds. The van der Waals surface area contributed by atoms with E-state index in [4.69, 9.17) is 9.52 Å². The largest absolute Gasteiger partial charge is 0.511 e. The van der Waals surface area contributed by atoms with Crippen LogP contribution in [-0.2, 0) is 17.6 Å². The molecule has 1 fully saturated rings. The molecule has 2 atom stereocenters. The Kier molecular flexibility index (Phi) is 7.17. The molecule has 2 aliphatic rings. The van der Waals surface area contributed by atoms with Gasteiger partial charge in [-0.2, -0.15) is 0 Å². The Morgan fingerprint density at radius 2 is 1.51 bits per heavy atom. The summed E-state index contributed by atoms with van der Waals surface area (Å²) in [7, 11) is 0. The van der Waals surface area contributed by atoms with Crippen molar-refractivity contribution in [3.05, 3.63) is 100 Å². The lowest BCUT2D eigenvalue weighted by molar-refractivity contribution is -0.116. The molecule has 0 bridgehead atoms. The van der Waals surface area contributed by atoms with Gasteiger partial charge in [-0.1, -0.05) is 65.8 Å². The van der Waals surface area contributed by atoms with Crippen LogP contribution in [0.25, 0.3) is 0 Å². The van der Waals surface area contributed by atoms with Crippen LogP contribution in [0.3, 0.4) is 0 Å². The predicted molar refractivity (Wildman–Crippen MR) is 142 cm³/mol. The van der Waals surface area contributed by atoms with Crippen molar-refractivity contribution in [2.24, 2.45) is 4.99 Å². The van der Waals surface area contributed by atoms with Crippen molar-refractivity contribution in [2.45, 2.75) is 70.3 Å². The summed E-state index contributed by atoms with van der Waals surface area (Å²) in [5.41, 5.74) is 4.29. The Morgan fingerprint density at radius 3 is 2.14 bits per heavy atom. The molecule has 5 rings (SSSR count). The molecule has 2 aliphatic carbocycles. The van der Waals surface area contributed by atoms with E-state index in [1.54, 1.807) is 0 Å². The molecule has 0 aliphatic heterocycles. The van der Waals surface area contributed by atoms with E-state index < -0.39 is 0 Å². The van der Waals surface area contributed by atoms with Crippen molar-refractivity contribution in [1.29, 1.82) is 0 Å². The molecule has 2 unspecified atom stereocenters. The van der Waals surface area contributed by atoms with Crippen molar-refractivity contribution in [2.75, 3.05) is 0 Å². The van der Waals surface area contributed by atoms with Crippen LogP contribution in [0.4, 0.5) is 0 Å². The van der Waals surface area contributed by atoms with E-state index in [9.17, 15) is 14.7 Å². The van der Waals surface area contributed by atoms with Crippen LogP contribution in [0, 0.1) is 0 Å². The zero-order valence-electron chi connectivity index (χ0n) is 21.3. The molecule has 0 saturated heterocycles. The number of hydrogen-bond acceptors (Lipinski definition) is 6. The number of Topliss-reactive ketones (excluding diaryl/α,β-unsaturated/α-hetero) is 2. The first kappa shape index (κ1) is 24.9. The summed E-state index contributed by atoms with van der Waals surface area (Å²) in [6.45, 7) is 3.93. The number of aliphatic hydroxyl groups excluding tert-OH is 1. The normalized spacial score (nSPS) is 22.4. The van der Waals surface area contributed by atoms with Gasteiger partial charge in [-0.3, -0.25) is 14.6 Å². The maximum absolute atomic E-state index is 13.2. The number of rotatable bonds is 6. The average molecular weight is 497 g/mol. The van der Waals surface area contributed by atoms with E-state index in [0.717, 1.165) is 11.1 Å². The van der Waals surface area contributed by atoms with E-state index >= 15 is 0 Å². The van der Waals surface area contributed by atoms with Crippen LogP contribution in [0.5, 0.6) is 0 Å². The molecule has 3 aromatic rings. The molecule has 1 aromatic heterocycles. The van der Waals surface area contributed by atoms with Gasteiger partial charge in [0.15, 0.2) is 11.6 Å². The quantitative estimate of drug-likeness (QED) is 0.318. The standard InChI is InChI=1S/C31H32N2O4/c1-19(2)32-25-15-22(20-9-5-3-6-10-20)16-27(35)30(25)26(34)14-13-24-31-28(36)17-23(18-29(31)37-33-24)21-11-7-4-8-12-21/h3-12,19,22-23,34H,13-18H2,1-2H3/b30-26-,32-25?. The molecular formula is C31H32N2O4. The first-order valence-corrected chi connectivity index (χ1v) is 13.0. The number of aryl methyl sites for hydroxylation is 1. The number of hydrogen-bond donors (Lipinski definition) is 1. The van der Waals surface area contributed by atoms with E-state index in [-0.39, 0.29) is 41.6 Å². The number of ketones is 2. The number of carbonyl (C=O) groups excluding carboxylic acids is 2. The van der Waals surface area contributed by atoms with Gasteiger partial charge in [0.05, 0.1) is 16.8 Å². The van der Waals surface area contributed by atoms with Crippen molar-refractivity contribution in [3.8, 4) is 0 Å². The van der Waals surface area contributed by atoms with Gasteiger partial charge >= 0.3 is 0 Å². The molecule has 0 radical (unpaired) electrons. The topological polar surface area (TPSA) is 92.8 Å². The summed E-state index contributed by atoms with van der Waals surface area (Å²) in [6.07, 6.45) is 2.48. The third-order valence-electron chi connectivity index (χ3n) is 7.26. The van der Waals surface area contributed by atoms with Gasteiger partial charge in [0.25, 0.3) is 0 Å². The molecule has 1 N–H and O–H groups in total. The second kappa shape index (κ2) is 10.7. The molecule has 1 saturated carbocycles. The van der Waals surface area contributed by atoms with Crippen molar-refractivity contribution in [3.63, 3.8) is 0 Å². The average Bonchev–Trinajstić information content (AvgIpc) is 3.31. The van der Waals surface area contributed by atoms with E-state index in [0.29, 0.717) is 60.4 Å². The smallest absolute Gasteiger partial charge is 0.168 e. The Labute approximate surface area is 217 Å². The van der Waals surface area contributed by atoms with Crippen LogP contribution in [0.1, 0.15) is 84.3 Å². The summed E-state index contributed by atoms with van der Waals surface area (Å²) in [6, 6.07) is 20.0. The molecule has 37 heavy (non-hydrogen) atoms. The number of aliphatic hydroxyl groups is 1. The predicted octanol–water partition coefficient (Wildman–Crippen LogP) is 6.33. The number of allylic oxidation sites excluding steroid dienone is 2. The number of nitrogens with zero attached hydrogens (tertiary/aromatic N) is 2. The van der Waals surface area contributed by atoms with Crippen LogP contribution in [0.15, 0.2) is 81.5 Å². The van der Waals surface area contributed by atoms with Crippen molar-refractivity contribution >= 4 is 17.3 Å². The summed E-state index contributed by atoms with van der Waals surface area (Å²) in [4.78, 5) is 31.0. The minimum atomic E-state index is -0.0963. The molecule has 6 nitrogen and oxygen atoms in total. The first-order valence-electron chi connectivity index (χ1n) is 13.0. The van der Waals surface area contributed by atoms with Crippen LogP contribution >= 0.6 is 0 Å². The summed E-state index contributed by atoms with van der Waals surface area (Å²) in [5.74, 6) is 0.651. The summed E-state index contributed by atoms with van der Waals surface area (Å²) >= 11 is 0. The van der Waals surface area contributed by atoms with E-state index in [1.165, 1.54) is 0 Å². The number of carbonyl (C=O) groups is 2. The lowest BCUT2D eigenvalue weighted by Gasteiger charge is -2.26. The van der Waals surface area contributed by atoms with E-state index in [2.05, 4.69) is 5.16 Å². The Hall–Kier alpha value is -3.80. The molecule has 1 heterocycles. The molecule has 0 spiro atoms. The van der Waals surface area contributed by atoms with Gasteiger partial charge in [0, 0.05) is 43.9 Å². The fraction of sp³-hybridized carbons (Fsp3) is 0.355. The Bertz CT molecular complexity index is 1350. The first-order chi connectivity index (χ1) is 17.9. The fourth-order valence-electron chi connectivity index (χ4n) is 5.55. The van der Waals surface area contributed by atoms with Gasteiger partial charge in [-0.25, -0.2) is 0 Å². The molecular weight excluding hydrogens is 464 g/mol. The molecule has 190 valence electrons. The number of benzene rings is 2. The highest BCUT2D eigenvalue weighted by molar-refractivity contribution is 6.24. The SMILES string of the molecule is CC(C)N=C1CC(c2ccccc2)CC(=O)/C1=C(\O)CCc1noc2c1C(=O)CC(c1ccccc1)C2. The van der Waals surface area contributed by atoms with Gasteiger partial charge in [0.2, 0.25) is 0 Å². The maximum atomic E-state index is 13.2. The number of aliphatic imine (C=N–C) groups is 1. The second-order valence-electron chi connectivity index (χ2n) is 10.3. The van der Waals surface area contributed by atoms with Crippen LogP contribution < -0.4 is 0 Å². The highest BCUT2D eigenvalue weighted by Gasteiger charge is 2.34. The van der Waals surface area contributed by atoms with Crippen LogP contribution in [-0.4, -0.2) is 33.6 Å².